The van der Waals surface area contributed by atoms with Crippen LogP contribution in [0.25, 0.3) is 10.6 Å². The van der Waals surface area contributed by atoms with E-state index in [0.29, 0.717) is 5.02 Å². The predicted molar refractivity (Wildman–Crippen MR) is 84.9 cm³/mol. The van der Waals surface area contributed by atoms with Crippen LogP contribution in [0.4, 0.5) is 0 Å². The van der Waals surface area contributed by atoms with Crippen LogP contribution in [0.15, 0.2) is 22.7 Å². The van der Waals surface area contributed by atoms with E-state index in [2.05, 4.69) is 38.4 Å². The average molecular weight is 361 g/mol. The maximum absolute atomic E-state index is 6.04. The van der Waals surface area contributed by atoms with Crippen molar-refractivity contribution in [2.24, 2.45) is 0 Å². The Bertz CT molecular complexity index is 524. The quantitative estimate of drug-likeness (QED) is 0.786. The first-order chi connectivity index (χ1) is 9.19. The topological polar surface area (TPSA) is 37.8 Å². The molecule has 1 aromatic carbocycles. The Morgan fingerprint density at radius 1 is 1.26 bits per heavy atom. The van der Waals surface area contributed by atoms with E-state index in [0.717, 1.165) is 46.0 Å². The molecule has 0 amide bonds. The van der Waals surface area contributed by atoms with Gasteiger partial charge in [-0.2, -0.15) is 0 Å². The van der Waals surface area contributed by atoms with Gasteiger partial charge in [-0.25, -0.2) is 0 Å². The van der Waals surface area contributed by atoms with Gasteiger partial charge in [0.15, 0.2) is 0 Å². The standard InChI is InChI=1S/C13H15BrClN3S/c1-2-4-16-5-3-12-17-18-13(19-12)9-6-10(14)8-11(15)7-9/h6-8,16H,2-5H2,1H3. The lowest BCUT2D eigenvalue weighted by molar-refractivity contribution is 0.668. The van der Waals surface area contributed by atoms with E-state index >= 15 is 0 Å². The van der Waals surface area contributed by atoms with Gasteiger partial charge in [0.25, 0.3) is 0 Å². The van der Waals surface area contributed by atoms with Crippen molar-refractivity contribution in [2.75, 3.05) is 13.1 Å². The first-order valence-corrected chi connectivity index (χ1v) is 8.17. The van der Waals surface area contributed by atoms with E-state index in [-0.39, 0.29) is 0 Å². The zero-order chi connectivity index (χ0) is 13.7. The second-order valence-electron chi connectivity index (χ2n) is 4.16. The van der Waals surface area contributed by atoms with Crippen molar-refractivity contribution < 1.29 is 0 Å². The van der Waals surface area contributed by atoms with E-state index in [1.165, 1.54) is 0 Å². The molecule has 0 unspecified atom stereocenters. The van der Waals surface area contributed by atoms with Crippen LogP contribution < -0.4 is 5.32 Å². The monoisotopic (exact) mass is 359 g/mol. The molecule has 3 nitrogen and oxygen atoms in total. The Hall–Kier alpha value is -0.490. The van der Waals surface area contributed by atoms with Crippen molar-refractivity contribution in [3.63, 3.8) is 0 Å². The van der Waals surface area contributed by atoms with Gasteiger partial charge in [-0.3, -0.25) is 0 Å². The van der Waals surface area contributed by atoms with Crippen LogP contribution in [0, 0.1) is 0 Å². The van der Waals surface area contributed by atoms with Gasteiger partial charge in [0.05, 0.1) is 0 Å². The second kappa shape index (κ2) is 7.33. The number of benzene rings is 1. The van der Waals surface area contributed by atoms with E-state index in [1.807, 2.05) is 18.2 Å². The summed E-state index contributed by atoms with van der Waals surface area (Å²) in [6.45, 7) is 4.15. The summed E-state index contributed by atoms with van der Waals surface area (Å²) in [6.07, 6.45) is 2.07. The molecule has 1 N–H and O–H groups in total. The summed E-state index contributed by atoms with van der Waals surface area (Å²) in [7, 11) is 0. The molecule has 1 aromatic heterocycles. The minimum Gasteiger partial charge on any atom is -0.316 e. The maximum atomic E-state index is 6.04. The van der Waals surface area contributed by atoms with Gasteiger partial charge in [0.2, 0.25) is 0 Å². The zero-order valence-corrected chi connectivity index (χ0v) is 13.8. The molecule has 0 aliphatic heterocycles. The van der Waals surface area contributed by atoms with Crippen molar-refractivity contribution in [2.45, 2.75) is 19.8 Å². The summed E-state index contributed by atoms with van der Waals surface area (Å²) in [5.41, 5.74) is 1.00. The van der Waals surface area contributed by atoms with Crippen molar-refractivity contribution in [3.8, 4) is 10.6 Å². The van der Waals surface area contributed by atoms with Gasteiger partial charge in [0.1, 0.15) is 10.0 Å². The Labute approximate surface area is 130 Å². The Morgan fingerprint density at radius 2 is 2.11 bits per heavy atom. The molecule has 19 heavy (non-hydrogen) atoms. The smallest absolute Gasteiger partial charge is 0.147 e. The largest absolute Gasteiger partial charge is 0.316 e. The molecule has 0 aliphatic rings. The third-order valence-corrected chi connectivity index (χ3v) is 4.23. The molecular formula is C13H15BrClN3S. The van der Waals surface area contributed by atoms with E-state index in [4.69, 9.17) is 11.6 Å². The number of nitrogens with one attached hydrogen (secondary N) is 1. The third-order valence-electron chi connectivity index (χ3n) is 2.52. The lowest BCUT2D eigenvalue weighted by atomic mass is 10.2. The fraction of sp³-hybridized carbons (Fsp3) is 0.385. The molecular weight excluding hydrogens is 346 g/mol. The molecule has 6 heteroatoms. The van der Waals surface area contributed by atoms with Crippen LogP contribution >= 0.6 is 38.9 Å². The summed E-state index contributed by atoms with van der Waals surface area (Å²) in [5.74, 6) is 0. The highest BCUT2D eigenvalue weighted by Crippen LogP contribution is 2.29. The fourth-order valence-corrected chi connectivity index (χ4v) is 3.33. The van der Waals surface area contributed by atoms with Crippen LogP contribution in [-0.4, -0.2) is 23.3 Å². The van der Waals surface area contributed by atoms with Crippen molar-refractivity contribution in [1.29, 1.82) is 0 Å². The SMILES string of the molecule is CCCNCCc1nnc(-c2cc(Cl)cc(Br)c2)s1. The molecule has 0 aliphatic carbocycles. The molecule has 0 bridgehead atoms. The van der Waals surface area contributed by atoms with E-state index in [1.54, 1.807) is 11.3 Å². The Morgan fingerprint density at radius 3 is 2.84 bits per heavy atom. The molecule has 1 heterocycles. The van der Waals surface area contributed by atoms with E-state index < -0.39 is 0 Å². The molecule has 0 saturated carbocycles. The van der Waals surface area contributed by atoms with Crippen LogP contribution in [0.2, 0.25) is 5.02 Å². The number of halogens is 2. The fourth-order valence-electron chi connectivity index (χ4n) is 1.65. The van der Waals surface area contributed by atoms with Gasteiger partial charge >= 0.3 is 0 Å². The minimum atomic E-state index is 0.700. The van der Waals surface area contributed by atoms with Crippen molar-refractivity contribution >= 4 is 38.9 Å². The first-order valence-electron chi connectivity index (χ1n) is 6.18. The molecule has 102 valence electrons. The molecule has 0 fully saturated rings. The van der Waals surface area contributed by atoms with Gasteiger partial charge < -0.3 is 5.32 Å². The second-order valence-corrected chi connectivity index (χ2v) is 6.57. The zero-order valence-electron chi connectivity index (χ0n) is 10.6. The van der Waals surface area contributed by atoms with Crippen molar-refractivity contribution in [3.05, 3.63) is 32.7 Å². The molecule has 0 saturated heterocycles. The minimum absolute atomic E-state index is 0.700. The summed E-state index contributed by atoms with van der Waals surface area (Å²) in [4.78, 5) is 0. The van der Waals surface area contributed by atoms with Crippen LogP contribution in [-0.2, 0) is 6.42 Å². The summed E-state index contributed by atoms with van der Waals surface area (Å²) >= 11 is 11.1. The Kier molecular flexibility index (Phi) is 5.76. The molecule has 2 rings (SSSR count). The molecule has 0 atom stereocenters. The van der Waals surface area contributed by atoms with Crippen LogP contribution in [0.5, 0.6) is 0 Å². The maximum Gasteiger partial charge on any atom is 0.147 e. The Balaban J connectivity index is 2.03. The highest BCUT2D eigenvalue weighted by molar-refractivity contribution is 9.10. The van der Waals surface area contributed by atoms with Crippen molar-refractivity contribution in [1.82, 2.24) is 15.5 Å². The van der Waals surface area contributed by atoms with E-state index in [9.17, 15) is 0 Å². The summed E-state index contributed by atoms with van der Waals surface area (Å²) < 4.78 is 0.955. The highest BCUT2D eigenvalue weighted by Gasteiger charge is 2.08. The average Bonchev–Trinajstić information content (AvgIpc) is 2.82. The van der Waals surface area contributed by atoms with Gasteiger partial charge in [-0.05, 0) is 31.2 Å². The lowest BCUT2D eigenvalue weighted by Crippen LogP contribution is -2.17. The molecule has 0 radical (unpaired) electrons. The van der Waals surface area contributed by atoms with Gasteiger partial charge in [0, 0.05) is 28.0 Å². The van der Waals surface area contributed by atoms with Gasteiger partial charge in [-0.15, -0.1) is 10.2 Å². The highest BCUT2D eigenvalue weighted by atomic mass is 79.9. The molecule has 2 aromatic rings. The first kappa shape index (κ1) is 14.9. The molecule has 0 spiro atoms. The lowest BCUT2D eigenvalue weighted by Gasteiger charge is -1.99. The van der Waals surface area contributed by atoms with Crippen LogP contribution in [0.1, 0.15) is 18.4 Å². The number of hydrogen-bond acceptors (Lipinski definition) is 4. The predicted octanol–water partition coefficient (Wildman–Crippen LogP) is 4.16. The number of hydrogen-bond donors (Lipinski definition) is 1. The normalized spacial score (nSPS) is 10.9. The van der Waals surface area contributed by atoms with Gasteiger partial charge in [-0.1, -0.05) is 45.8 Å². The number of aromatic nitrogens is 2. The summed E-state index contributed by atoms with van der Waals surface area (Å²) in [5, 5.41) is 14.5. The summed E-state index contributed by atoms with van der Waals surface area (Å²) in [6, 6.07) is 5.78. The number of nitrogens with zero attached hydrogens (tertiary/aromatic N) is 2. The third kappa shape index (κ3) is 4.53. The van der Waals surface area contributed by atoms with Crippen LogP contribution in [0.3, 0.4) is 0 Å². The number of rotatable bonds is 6.